The van der Waals surface area contributed by atoms with Gasteiger partial charge in [-0.2, -0.15) is 0 Å². The summed E-state index contributed by atoms with van der Waals surface area (Å²) in [6, 6.07) is 10.3. The van der Waals surface area contributed by atoms with Crippen LogP contribution in [0.15, 0.2) is 36.4 Å². The lowest BCUT2D eigenvalue weighted by Crippen LogP contribution is -2.35. The number of hydrogen-bond acceptors (Lipinski definition) is 12. The number of rotatable bonds is 15. The SMILES string of the molecule is COc1cc(C(Oc2c(OC)cc(C)cc2OC)C(COC(C)=O)Oc2c(OC)cc(C)cc2OC)cc(OC)c1OC(C)=O. The molecular formula is C33H40O12. The first-order valence-corrected chi connectivity index (χ1v) is 13.9. The van der Waals surface area contributed by atoms with Crippen molar-refractivity contribution in [2.75, 3.05) is 49.3 Å². The van der Waals surface area contributed by atoms with Gasteiger partial charge in [0.1, 0.15) is 6.61 Å². The summed E-state index contributed by atoms with van der Waals surface area (Å²) >= 11 is 0. The van der Waals surface area contributed by atoms with Crippen molar-refractivity contribution in [3.63, 3.8) is 0 Å². The van der Waals surface area contributed by atoms with Crippen molar-refractivity contribution in [1.82, 2.24) is 0 Å². The average Bonchev–Trinajstić information content (AvgIpc) is 3.01. The molecule has 3 aromatic carbocycles. The van der Waals surface area contributed by atoms with Gasteiger partial charge in [-0.05, 0) is 61.4 Å². The zero-order valence-corrected chi connectivity index (χ0v) is 27.2. The van der Waals surface area contributed by atoms with Crippen LogP contribution in [-0.2, 0) is 14.3 Å². The monoisotopic (exact) mass is 628 g/mol. The Morgan fingerprint density at radius 2 is 0.933 bits per heavy atom. The second-order valence-electron chi connectivity index (χ2n) is 9.84. The van der Waals surface area contributed by atoms with E-state index in [1.807, 2.05) is 13.8 Å². The fraction of sp³-hybridized carbons (Fsp3) is 0.394. The molecule has 0 bridgehead atoms. The van der Waals surface area contributed by atoms with Crippen LogP contribution in [0.3, 0.4) is 0 Å². The van der Waals surface area contributed by atoms with E-state index in [4.69, 9.17) is 47.4 Å². The number of esters is 2. The number of carbonyl (C=O) groups is 2. The van der Waals surface area contributed by atoms with Gasteiger partial charge in [-0.3, -0.25) is 9.59 Å². The molecular weight excluding hydrogens is 588 g/mol. The van der Waals surface area contributed by atoms with E-state index in [9.17, 15) is 9.59 Å². The number of ether oxygens (including phenoxy) is 10. The van der Waals surface area contributed by atoms with Crippen LogP contribution < -0.4 is 42.6 Å². The number of benzene rings is 3. The largest absolute Gasteiger partial charge is 0.493 e. The second-order valence-corrected chi connectivity index (χ2v) is 9.84. The number of carbonyl (C=O) groups excluding carboxylic acids is 2. The van der Waals surface area contributed by atoms with E-state index in [1.54, 1.807) is 36.4 Å². The second kappa shape index (κ2) is 15.6. The minimum absolute atomic E-state index is 0.0693. The van der Waals surface area contributed by atoms with E-state index in [1.165, 1.54) is 56.5 Å². The fourth-order valence-electron chi connectivity index (χ4n) is 4.58. The molecule has 0 aromatic heterocycles. The fourth-order valence-corrected chi connectivity index (χ4v) is 4.58. The molecule has 3 rings (SSSR count). The number of methoxy groups -OCH3 is 6. The van der Waals surface area contributed by atoms with Gasteiger partial charge in [0.25, 0.3) is 0 Å². The Kier molecular flexibility index (Phi) is 12.0. The van der Waals surface area contributed by atoms with Gasteiger partial charge in [-0.25, -0.2) is 0 Å². The lowest BCUT2D eigenvalue weighted by molar-refractivity contribution is -0.145. The van der Waals surface area contributed by atoms with Crippen molar-refractivity contribution in [2.45, 2.75) is 39.9 Å². The van der Waals surface area contributed by atoms with Crippen LogP contribution >= 0.6 is 0 Å². The van der Waals surface area contributed by atoms with Crippen molar-refractivity contribution in [3.05, 3.63) is 53.1 Å². The molecule has 0 radical (unpaired) electrons. The Balaban J connectivity index is 2.34. The van der Waals surface area contributed by atoms with Crippen molar-refractivity contribution in [1.29, 1.82) is 0 Å². The lowest BCUT2D eigenvalue weighted by atomic mass is 10.0. The van der Waals surface area contributed by atoms with Gasteiger partial charge < -0.3 is 47.4 Å². The predicted octanol–water partition coefficient (Wildman–Crippen LogP) is 5.41. The summed E-state index contributed by atoms with van der Waals surface area (Å²) in [7, 11) is 8.85. The minimum atomic E-state index is -1.07. The summed E-state index contributed by atoms with van der Waals surface area (Å²) in [5, 5.41) is 0. The van der Waals surface area contributed by atoms with Crippen LogP contribution in [0.25, 0.3) is 0 Å². The Labute approximate surface area is 262 Å². The average molecular weight is 629 g/mol. The first-order valence-electron chi connectivity index (χ1n) is 13.9. The highest BCUT2D eigenvalue weighted by molar-refractivity contribution is 5.72. The molecule has 2 atom stereocenters. The summed E-state index contributed by atoms with van der Waals surface area (Å²) in [6.07, 6.45) is -2.12. The highest BCUT2D eigenvalue weighted by atomic mass is 16.6. The Morgan fingerprint density at radius 1 is 0.556 bits per heavy atom. The summed E-state index contributed by atoms with van der Waals surface area (Å²) in [4.78, 5) is 24.0. The molecule has 0 saturated carbocycles. The molecule has 244 valence electrons. The van der Waals surface area contributed by atoms with Crippen LogP contribution in [0.5, 0.6) is 51.7 Å². The molecule has 0 aliphatic carbocycles. The quantitative estimate of drug-likeness (QED) is 0.158. The minimum Gasteiger partial charge on any atom is -0.493 e. The van der Waals surface area contributed by atoms with Gasteiger partial charge in [-0.15, -0.1) is 0 Å². The van der Waals surface area contributed by atoms with E-state index in [2.05, 4.69) is 0 Å². The molecule has 0 aliphatic rings. The summed E-state index contributed by atoms with van der Waals surface area (Å²) in [5.41, 5.74) is 2.17. The third kappa shape index (κ3) is 8.34. The third-order valence-corrected chi connectivity index (χ3v) is 6.57. The Bertz CT molecular complexity index is 1420. The Hall–Kier alpha value is -5.00. The maximum Gasteiger partial charge on any atom is 0.308 e. The molecule has 0 N–H and O–H groups in total. The topological polar surface area (TPSA) is 126 Å². The number of hydrogen-bond donors (Lipinski definition) is 0. The smallest absolute Gasteiger partial charge is 0.308 e. The van der Waals surface area contributed by atoms with Crippen LogP contribution in [0.1, 0.15) is 36.6 Å². The molecule has 3 aromatic rings. The molecule has 0 saturated heterocycles. The summed E-state index contributed by atoms with van der Waals surface area (Å²) in [5.74, 6) is 1.31. The molecule has 2 unspecified atom stereocenters. The van der Waals surface area contributed by atoms with Crippen molar-refractivity contribution >= 4 is 11.9 Å². The summed E-state index contributed by atoms with van der Waals surface area (Å²) < 4.78 is 57.9. The van der Waals surface area contributed by atoms with Gasteiger partial charge in [0.05, 0.1) is 42.7 Å². The molecule has 0 spiro atoms. The lowest BCUT2D eigenvalue weighted by Gasteiger charge is -2.31. The molecule has 12 heteroatoms. The van der Waals surface area contributed by atoms with Crippen LogP contribution in [0, 0.1) is 13.8 Å². The van der Waals surface area contributed by atoms with Crippen LogP contribution in [-0.4, -0.2) is 67.3 Å². The van der Waals surface area contributed by atoms with Crippen molar-refractivity contribution < 1.29 is 57.0 Å². The number of aryl methyl sites for hydroxylation is 2. The maximum atomic E-state index is 12.1. The van der Waals surface area contributed by atoms with Crippen LogP contribution in [0.2, 0.25) is 0 Å². The first-order chi connectivity index (χ1) is 21.5. The highest BCUT2D eigenvalue weighted by Gasteiger charge is 2.35. The van der Waals surface area contributed by atoms with Gasteiger partial charge in [0.15, 0.2) is 46.7 Å². The van der Waals surface area contributed by atoms with Crippen molar-refractivity contribution in [2.24, 2.45) is 0 Å². The molecule has 45 heavy (non-hydrogen) atoms. The van der Waals surface area contributed by atoms with Gasteiger partial charge >= 0.3 is 11.9 Å². The van der Waals surface area contributed by atoms with E-state index in [0.717, 1.165) is 11.1 Å². The first kappa shape index (κ1) is 34.5. The molecule has 0 aliphatic heterocycles. The van der Waals surface area contributed by atoms with E-state index in [-0.39, 0.29) is 35.4 Å². The van der Waals surface area contributed by atoms with Gasteiger partial charge in [-0.1, -0.05) is 0 Å². The molecule has 0 heterocycles. The van der Waals surface area contributed by atoms with Gasteiger partial charge in [0.2, 0.25) is 17.2 Å². The van der Waals surface area contributed by atoms with Gasteiger partial charge in [0, 0.05) is 19.4 Å². The van der Waals surface area contributed by atoms with E-state index >= 15 is 0 Å². The predicted molar refractivity (Wildman–Crippen MR) is 164 cm³/mol. The van der Waals surface area contributed by atoms with Crippen LogP contribution in [0.4, 0.5) is 0 Å². The van der Waals surface area contributed by atoms with E-state index < -0.39 is 24.1 Å². The zero-order valence-electron chi connectivity index (χ0n) is 27.2. The standard InChI is InChI=1S/C33H40O12/c1-18-11-23(36-5)32(24(12-18)37-6)44-29(17-42-20(3)34)30(45-33-25(38-7)13-19(2)14-26(33)39-8)22-15-27(40-9)31(43-21(4)35)28(16-22)41-10/h11-16,29-30H,17H2,1-10H3. The highest BCUT2D eigenvalue weighted by Crippen LogP contribution is 2.47. The third-order valence-electron chi connectivity index (χ3n) is 6.57. The maximum absolute atomic E-state index is 12.1. The molecule has 0 amide bonds. The molecule has 12 nitrogen and oxygen atoms in total. The normalized spacial score (nSPS) is 11.9. The Morgan fingerprint density at radius 3 is 1.29 bits per heavy atom. The summed E-state index contributed by atoms with van der Waals surface area (Å²) in [6.45, 7) is 6.05. The van der Waals surface area contributed by atoms with E-state index in [0.29, 0.717) is 28.6 Å². The zero-order chi connectivity index (χ0) is 33.3. The molecule has 0 fully saturated rings. The van der Waals surface area contributed by atoms with Crippen molar-refractivity contribution in [3.8, 4) is 51.7 Å².